The SMILES string of the molecule is CC(C)(C)c1ccc(N(c2ccc(C(C)(C)C)cc2)c2cc(Nc3cccc4c3C3C=CC=CC3O4)cc(N(c3ccccc3)c3ccccc3)c2)cc1. The summed E-state index contributed by atoms with van der Waals surface area (Å²) < 4.78 is 6.42. The maximum Gasteiger partial charge on any atom is 0.128 e. The number of allylic oxidation sites excluding steroid dienone is 2. The molecular weight excluding hydrogens is 659 g/mol. The Morgan fingerprint density at radius 1 is 0.481 bits per heavy atom. The Kier molecular flexibility index (Phi) is 9.15. The number of ether oxygens (including phenoxy) is 1. The highest BCUT2D eigenvalue weighted by Gasteiger charge is 2.34. The molecule has 0 saturated heterocycles. The van der Waals surface area contributed by atoms with Crippen LogP contribution in [-0.4, -0.2) is 6.10 Å². The Labute approximate surface area is 321 Å². The summed E-state index contributed by atoms with van der Waals surface area (Å²) in [5.74, 6) is 1.08. The van der Waals surface area contributed by atoms with Gasteiger partial charge in [-0.25, -0.2) is 0 Å². The molecule has 2 aliphatic rings. The first-order chi connectivity index (χ1) is 26.0. The molecule has 1 aliphatic heterocycles. The number of rotatable bonds is 8. The number of nitrogens with zero attached hydrogens (tertiary/aromatic N) is 2. The number of hydrogen-bond donors (Lipinski definition) is 1. The van der Waals surface area contributed by atoms with E-state index in [0.29, 0.717) is 0 Å². The minimum absolute atomic E-state index is 0.00382. The molecule has 0 bridgehead atoms. The van der Waals surface area contributed by atoms with Crippen molar-refractivity contribution in [3.8, 4) is 5.75 Å². The lowest BCUT2D eigenvalue weighted by Crippen LogP contribution is -2.16. The van der Waals surface area contributed by atoms with Crippen molar-refractivity contribution in [2.75, 3.05) is 15.1 Å². The van der Waals surface area contributed by atoms with Crippen LogP contribution < -0.4 is 19.9 Å². The third-order valence-electron chi connectivity index (χ3n) is 10.5. The third-order valence-corrected chi connectivity index (χ3v) is 10.5. The molecule has 1 heterocycles. The largest absolute Gasteiger partial charge is 0.485 e. The van der Waals surface area contributed by atoms with Crippen molar-refractivity contribution in [3.05, 3.63) is 187 Å². The van der Waals surface area contributed by atoms with Crippen LogP contribution in [0.4, 0.5) is 45.5 Å². The second kappa shape index (κ2) is 14.1. The zero-order valence-corrected chi connectivity index (χ0v) is 32.1. The Morgan fingerprint density at radius 3 is 1.46 bits per heavy atom. The van der Waals surface area contributed by atoms with Gasteiger partial charge in [-0.15, -0.1) is 0 Å². The van der Waals surface area contributed by atoms with E-state index in [-0.39, 0.29) is 22.9 Å². The van der Waals surface area contributed by atoms with Crippen molar-refractivity contribution in [1.82, 2.24) is 0 Å². The molecule has 0 fully saturated rings. The summed E-state index contributed by atoms with van der Waals surface area (Å²) >= 11 is 0. The highest BCUT2D eigenvalue weighted by molar-refractivity contribution is 5.87. The monoisotopic (exact) mass is 707 g/mol. The molecule has 2 atom stereocenters. The van der Waals surface area contributed by atoms with Crippen LogP contribution in [0.15, 0.2) is 170 Å². The third kappa shape index (κ3) is 7.04. The van der Waals surface area contributed by atoms with Gasteiger partial charge in [0.2, 0.25) is 0 Å². The highest BCUT2D eigenvalue weighted by atomic mass is 16.5. The molecule has 0 radical (unpaired) electrons. The van der Waals surface area contributed by atoms with E-state index in [0.717, 1.165) is 51.2 Å². The zero-order valence-electron chi connectivity index (χ0n) is 32.1. The van der Waals surface area contributed by atoms with Crippen LogP contribution in [0.25, 0.3) is 0 Å². The molecule has 1 N–H and O–H groups in total. The fourth-order valence-electron chi connectivity index (χ4n) is 7.56. The second-order valence-corrected chi connectivity index (χ2v) is 16.4. The van der Waals surface area contributed by atoms with Crippen molar-refractivity contribution in [2.24, 2.45) is 0 Å². The van der Waals surface area contributed by atoms with E-state index in [1.54, 1.807) is 0 Å². The van der Waals surface area contributed by atoms with Gasteiger partial charge in [0.25, 0.3) is 0 Å². The van der Waals surface area contributed by atoms with Gasteiger partial charge in [0.05, 0.1) is 11.4 Å². The van der Waals surface area contributed by atoms with Crippen LogP contribution in [0.5, 0.6) is 5.75 Å². The molecule has 6 aromatic carbocycles. The van der Waals surface area contributed by atoms with Gasteiger partial charge in [-0.05, 0) is 107 Å². The standard InChI is InChI=1S/C50H49N3O/c1-49(2,3)35-24-28-40(29-25-35)53(41-30-26-36(27-31-41)50(4,5)6)43-33-37(51-45-21-15-23-47-48(45)44-20-13-14-22-46(44)54-47)32-42(34-43)52(38-16-9-7-10-17-38)39-18-11-8-12-19-39/h7-34,44,46,51H,1-6H3. The van der Waals surface area contributed by atoms with Gasteiger partial charge in [-0.3, -0.25) is 0 Å². The molecule has 4 nitrogen and oxygen atoms in total. The van der Waals surface area contributed by atoms with E-state index in [1.807, 2.05) is 0 Å². The number of hydrogen-bond acceptors (Lipinski definition) is 4. The van der Waals surface area contributed by atoms with Crippen molar-refractivity contribution in [2.45, 2.75) is 64.4 Å². The number of fused-ring (bicyclic) bond motifs is 3. The summed E-state index contributed by atoms with van der Waals surface area (Å²) in [6.07, 6.45) is 8.61. The summed E-state index contributed by atoms with van der Waals surface area (Å²) in [5.41, 5.74) is 12.3. The average molecular weight is 708 g/mol. The molecule has 2 unspecified atom stereocenters. The Hall–Kier alpha value is -6.00. The Bertz CT molecular complexity index is 2200. The predicted molar refractivity (Wildman–Crippen MR) is 228 cm³/mol. The Balaban J connectivity index is 1.33. The van der Waals surface area contributed by atoms with Crippen molar-refractivity contribution < 1.29 is 4.74 Å². The van der Waals surface area contributed by atoms with Crippen molar-refractivity contribution >= 4 is 45.5 Å². The van der Waals surface area contributed by atoms with Crippen LogP contribution in [0.2, 0.25) is 0 Å². The fraction of sp³-hybridized carbons (Fsp3) is 0.200. The van der Waals surface area contributed by atoms with Crippen LogP contribution in [0.3, 0.4) is 0 Å². The van der Waals surface area contributed by atoms with Crippen LogP contribution in [0, 0.1) is 0 Å². The molecule has 0 saturated carbocycles. The molecule has 8 rings (SSSR count). The maximum absolute atomic E-state index is 6.42. The first kappa shape index (κ1) is 35.1. The predicted octanol–water partition coefficient (Wildman–Crippen LogP) is 13.9. The van der Waals surface area contributed by atoms with Gasteiger partial charge in [0, 0.05) is 45.6 Å². The van der Waals surface area contributed by atoms with E-state index in [4.69, 9.17) is 4.74 Å². The minimum atomic E-state index is 0.00382. The topological polar surface area (TPSA) is 27.7 Å². The van der Waals surface area contributed by atoms with Gasteiger partial charge in [-0.2, -0.15) is 0 Å². The lowest BCUT2D eigenvalue weighted by molar-refractivity contribution is 0.269. The average Bonchev–Trinajstić information content (AvgIpc) is 3.55. The summed E-state index contributed by atoms with van der Waals surface area (Å²) in [4.78, 5) is 4.71. The molecule has 54 heavy (non-hydrogen) atoms. The first-order valence-electron chi connectivity index (χ1n) is 19.0. The van der Waals surface area contributed by atoms with E-state index in [2.05, 4.69) is 227 Å². The normalized spacial score (nSPS) is 16.0. The smallest absolute Gasteiger partial charge is 0.128 e. The summed E-state index contributed by atoms with van der Waals surface area (Å²) in [6, 6.07) is 52.5. The summed E-state index contributed by atoms with van der Waals surface area (Å²) in [5, 5.41) is 3.90. The number of anilines is 8. The van der Waals surface area contributed by atoms with E-state index in [9.17, 15) is 0 Å². The van der Waals surface area contributed by atoms with Gasteiger partial charge < -0.3 is 19.9 Å². The lowest BCUT2D eigenvalue weighted by Gasteiger charge is -2.31. The quantitative estimate of drug-likeness (QED) is 0.170. The first-order valence-corrected chi connectivity index (χ1v) is 19.0. The lowest BCUT2D eigenvalue weighted by atomic mass is 9.86. The van der Waals surface area contributed by atoms with Gasteiger partial charge in [-0.1, -0.05) is 127 Å². The zero-order chi connectivity index (χ0) is 37.5. The van der Waals surface area contributed by atoms with Crippen molar-refractivity contribution in [3.63, 3.8) is 0 Å². The van der Waals surface area contributed by atoms with E-state index >= 15 is 0 Å². The molecular formula is C50H49N3O. The molecule has 4 heteroatoms. The summed E-state index contributed by atoms with van der Waals surface area (Å²) in [7, 11) is 0. The van der Waals surface area contributed by atoms with Crippen LogP contribution in [0.1, 0.15) is 64.2 Å². The van der Waals surface area contributed by atoms with E-state index in [1.165, 1.54) is 16.7 Å². The molecule has 1 aliphatic carbocycles. The Morgan fingerprint density at radius 2 is 0.963 bits per heavy atom. The van der Waals surface area contributed by atoms with Gasteiger partial charge in [0.1, 0.15) is 11.9 Å². The molecule has 0 spiro atoms. The molecule has 6 aromatic rings. The second-order valence-electron chi connectivity index (χ2n) is 16.4. The summed E-state index contributed by atoms with van der Waals surface area (Å²) in [6.45, 7) is 13.6. The van der Waals surface area contributed by atoms with Crippen LogP contribution in [-0.2, 0) is 10.8 Å². The van der Waals surface area contributed by atoms with Gasteiger partial charge in [0.15, 0.2) is 0 Å². The molecule has 270 valence electrons. The number of benzene rings is 6. The van der Waals surface area contributed by atoms with Crippen LogP contribution >= 0.6 is 0 Å². The highest BCUT2D eigenvalue weighted by Crippen LogP contribution is 2.48. The van der Waals surface area contributed by atoms with E-state index < -0.39 is 0 Å². The number of nitrogens with one attached hydrogen (secondary N) is 1. The molecule has 0 amide bonds. The van der Waals surface area contributed by atoms with Gasteiger partial charge >= 0.3 is 0 Å². The maximum atomic E-state index is 6.42. The number of para-hydroxylation sites is 2. The molecule has 0 aromatic heterocycles. The fourth-order valence-corrected chi connectivity index (χ4v) is 7.56. The van der Waals surface area contributed by atoms with Crippen molar-refractivity contribution in [1.29, 1.82) is 0 Å². The minimum Gasteiger partial charge on any atom is -0.485 e.